The molecule has 0 unspecified atom stereocenters. The number of benzene rings is 1. The molecule has 3 rings (SSSR count). The summed E-state index contributed by atoms with van der Waals surface area (Å²) < 4.78 is 1.82. The zero-order valence-electron chi connectivity index (χ0n) is 14.1. The molecule has 1 N–H and O–H groups in total. The highest BCUT2D eigenvalue weighted by Crippen LogP contribution is 2.28. The summed E-state index contributed by atoms with van der Waals surface area (Å²) in [6.07, 6.45) is 4.24. The quantitative estimate of drug-likeness (QED) is 0.390. The van der Waals surface area contributed by atoms with E-state index in [1.54, 1.807) is 18.0 Å². The molecule has 2 heterocycles. The van der Waals surface area contributed by atoms with Crippen molar-refractivity contribution in [3.63, 3.8) is 0 Å². The largest absolute Gasteiger partial charge is 0.356 e. The zero-order chi connectivity index (χ0) is 17.6. The van der Waals surface area contributed by atoms with Crippen molar-refractivity contribution in [3.05, 3.63) is 36.5 Å². The molecule has 6 nitrogen and oxygen atoms in total. The van der Waals surface area contributed by atoms with Gasteiger partial charge in [-0.3, -0.25) is 4.79 Å². The molecule has 0 aliphatic heterocycles. The summed E-state index contributed by atoms with van der Waals surface area (Å²) in [4.78, 5) is 20.9. The number of fused-ring (bicyclic) bond motifs is 1. The second-order valence-corrected chi connectivity index (χ2v) is 7.05. The van der Waals surface area contributed by atoms with Gasteiger partial charge in [0.15, 0.2) is 10.8 Å². The minimum Gasteiger partial charge on any atom is -0.356 e. The van der Waals surface area contributed by atoms with Gasteiger partial charge in [0.05, 0.1) is 17.3 Å². The third-order valence-electron chi connectivity index (χ3n) is 3.50. The van der Waals surface area contributed by atoms with Crippen molar-refractivity contribution in [2.24, 2.45) is 0 Å². The zero-order valence-corrected chi connectivity index (χ0v) is 15.7. The average Bonchev–Trinajstić information content (AvgIpc) is 3.06. The Morgan fingerprint density at radius 3 is 2.76 bits per heavy atom. The SMILES string of the molecule is CCNC(=O)CCSc1nc(SC)c2cnn(-c3ccccc3)c2n1. The predicted octanol–water partition coefficient (Wildman–Crippen LogP) is 3.16. The summed E-state index contributed by atoms with van der Waals surface area (Å²) in [5.74, 6) is 0.695. The first-order valence-electron chi connectivity index (χ1n) is 7.97. The van der Waals surface area contributed by atoms with E-state index < -0.39 is 0 Å². The lowest BCUT2D eigenvalue weighted by molar-refractivity contribution is -0.120. The van der Waals surface area contributed by atoms with Gasteiger partial charge >= 0.3 is 0 Å². The second-order valence-electron chi connectivity index (χ2n) is 5.20. The van der Waals surface area contributed by atoms with Crippen LogP contribution in [0.3, 0.4) is 0 Å². The van der Waals surface area contributed by atoms with Gasteiger partial charge in [0.1, 0.15) is 5.03 Å². The maximum Gasteiger partial charge on any atom is 0.220 e. The number of carbonyl (C=O) groups excluding carboxylic acids is 1. The molecule has 2 aromatic heterocycles. The van der Waals surface area contributed by atoms with Crippen LogP contribution in [0.1, 0.15) is 13.3 Å². The number of hydrogen-bond acceptors (Lipinski definition) is 6. The van der Waals surface area contributed by atoms with Crippen LogP contribution in [0.25, 0.3) is 16.7 Å². The molecule has 1 amide bonds. The molecular formula is C17H19N5OS2. The van der Waals surface area contributed by atoms with Gasteiger partial charge in [-0.25, -0.2) is 14.6 Å². The molecule has 0 fully saturated rings. The summed E-state index contributed by atoms with van der Waals surface area (Å²) in [5.41, 5.74) is 1.74. The van der Waals surface area contributed by atoms with Crippen LogP contribution < -0.4 is 5.32 Å². The van der Waals surface area contributed by atoms with E-state index >= 15 is 0 Å². The fourth-order valence-corrected chi connectivity index (χ4v) is 3.74. The maximum atomic E-state index is 11.6. The first kappa shape index (κ1) is 17.8. The fraction of sp³-hybridized carbons (Fsp3) is 0.294. The Morgan fingerprint density at radius 2 is 2.04 bits per heavy atom. The summed E-state index contributed by atoms with van der Waals surface area (Å²) in [7, 11) is 0. The molecule has 0 saturated carbocycles. The number of nitrogens with zero attached hydrogens (tertiary/aromatic N) is 4. The number of thioether (sulfide) groups is 2. The van der Waals surface area contributed by atoms with Gasteiger partial charge in [-0.05, 0) is 25.3 Å². The second kappa shape index (κ2) is 8.35. The minimum absolute atomic E-state index is 0.0514. The summed E-state index contributed by atoms with van der Waals surface area (Å²) >= 11 is 3.06. The molecule has 25 heavy (non-hydrogen) atoms. The monoisotopic (exact) mass is 373 g/mol. The third-order valence-corrected chi connectivity index (χ3v) is 5.05. The van der Waals surface area contributed by atoms with Gasteiger partial charge in [-0.1, -0.05) is 30.0 Å². The van der Waals surface area contributed by atoms with E-state index in [0.29, 0.717) is 23.9 Å². The average molecular weight is 374 g/mol. The first-order chi connectivity index (χ1) is 12.2. The van der Waals surface area contributed by atoms with Crippen LogP contribution in [-0.4, -0.2) is 44.2 Å². The Kier molecular flexibility index (Phi) is 5.93. The van der Waals surface area contributed by atoms with Crippen LogP contribution >= 0.6 is 23.5 Å². The van der Waals surface area contributed by atoms with Gasteiger partial charge in [-0.2, -0.15) is 5.10 Å². The smallest absolute Gasteiger partial charge is 0.220 e. The standard InChI is InChI=1S/C17H19N5OS2/c1-3-18-14(23)9-10-25-17-20-15-13(16(21-17)24-2)11-19-22(15)12-7-5-4-6-8-12/h4-8,11H,3,9-10H2,1-2H3,(H,18,23). The van der Waals surface area contributed by atoms with Crippen molar-refractivity contribution in [2.75, 3.05) is 18.6 Å². The van der Waals surface area contributed by atoms with Crippen LogP contribution in [0.15, 0.2) is 46.7 Å². The minimum atomic E-state index is 0.0514. The van der Waals surface area contributed by atoms with E-state index in [1.807, 2.05) is 48.2 Å². The van der Waals surface area contributed by atoms with Gasteiger partial charge in [0, 0.05) is 18.7 Å². The van der Waals surface area contributed by atoms with Crippen molar-refractivity contribution >= 4 is 40.5 Å². The molecule has 3 aromatic rings. The van der Waals surface area contributed by atoms with E-state index in [2.05, 4.69) is 20.4 Å². The Bertz CT molecular complexity index is 866. The molecule has 0 atom stereocenters. The molecule has 0 bridgehead atoms. The molecule has 0 spiro atoms. The topological polar surface area (TPSA) is 72.7 Å². The molecule has 0 aliphatic rings. The molecular weight excluding hydrogens is 354 g/mol. The summed E-state index contributed by atoms with van der Waals surface area (Å²) in [5, 5.41) is 9.77. The van der Waals surface area contributed by atoms with Crippen molar-refractivity contribution in [3.8, 4) is 5.69 Å². The number of carbonyl (C=O) groups is 1. The Hall–Kier alpha value is -2.06. The molecule has 0 aliphatic carbocycles. The summed E-state index contributed by atoms with van der Waals surface area (Å²) in [6, 6.07) is 9.91. The number of amides is 1. The lowest BCUT2D eigenvalue weighted by Crippen LogP contribution is -2.22. The molecule has 0 radical (unpaired) electrons. The number of hydrogen-bond donors (Lipinski definition) is 1. The van der Waals surface area contributed by atoms with Crippen molar-refractivity contribution < 1.29 is 4.79 Å². The summed E-state index contributed by atoms with van der Waals surface area (Å²) in [6.45, 7) is 2.57. The van der Waals surface area contributed by atoms with Crippen LogP contribution in [0.2, 0.25) is 0 Å². The number of nitrogens with one attached hydrogen (secondary N) is 1. The predicted molar refractivity (Wildman–Crippen MR) is 102 cm³/mol. The lowest BCUT2D eigenvalue weighted by atomic mass is 10.3. The Morgan fingerprint density at radius 1 is 1.24 bits per heavy atom. The fourth-order valence-electron chi connectivity index (χ4n) is 2.36. The Balaban J connectivity index is 1.88. The number of rotatable bonds is 7. The molecule has 1 aromatic carbocycles. The highest BCUT2D eigenvalue weighted by molar-refractivity contribution is 7.99. The van der Waals surface area contributed by atoms with E-state index in [-0.39, 0.29) is 5.91 Å². The van der Waals surface area contributed by atoms with E-state index in [0.717, 1.165) is 21.7 Å². The Labute approximate surface area is 154 Å². The van der Waals surface area contributed by atoms with Crippen LogP contribution in [-0.2, 0) is 4.79 Å². The normalized spacial score (nSPS) is 11.0. The van der Waals surface area contributed by atoms with Crippen LogP contribution in [0.5, 0.6) is 0 Å². The third kappa shape index (κ3) is 4.13. The van der Waals surface area contributed by atoms with Crippen LogP contribution in [0, 0.1) is 0 Å². The number of aromatic nitrogens is 4. The van der Waals surface area contributed by atoms with Crippen LogP contribution in [0.4, 0.5) is 0 Å². The van der Waals surface area contributed by atoms with Gasteiger partial charge < -0.3 is 5.32 Å². The molecule has 8 heteroatoms. The lowest BCUT2D eigenvalue weighted by Gasteiger charge is -2.06. The number of para-hydroxylation sites is 1. The van der Waals surface area contributed by atoms with Crippen molar-refractivity contribution in [1.29, 1.82) is 0 Å². The highest BCUT2D eigenvalue weighted by atomic mass is 32.2. The van der Waals surface area contributed by atoms with E-state index in [4.69, 9.17) is 0 Å². The van der Waals surface area contributed by atoms with Crippen molar-refractivity contribution in [2.45, 2.75) is 23.5 Å². The highest BCUT2D eigenvalue weighted by Gasteiger charge is 2.14. The van der Waals surface area contributed by atoms with Gasteiger partial charge in [0.2, 0.25) is 5.91 Å². The maximum absolute atomic E-state index is 11.6. The first-order valence-corrected chi connectivity index (χ1v) is 10.2. The van der Waals surface area contributed by atoms with E-state index in [1.165, 1.54) is 11.8 Å². The molecule has 0 saturated heterocycles. The van der Waals surface area contributed by atoms with Gasteiger partial charge in [0.25, 0.3) is 0 Å². The van der Waals surface area contributed by atoms with E-state index in [9.17, 15) is 4.79 Å². The van der Waals surface area contributed by atoms with Gasteiger partial charge in [-0.15, -0.1) is 11.8 Å². The molecule has 130 valence electrons. The van der Waals surface area contributed by atoms with Crippen molar-refractivity contribution in [1.82, 2.24) is 25.1 Å².